The lowest BCUT2D eigenvalue weighted by molar-refractivity contribution is 0.102. The highest BCUT2D eigenvalue weighted by Crippen LogP contribution is 2.24. The number of nitrogens with one attached hydrogen (secondary N) is 3. The molecule has 0 bridgehead atoms. The van der Waals surface area contributed by atoms with Gasteiger partial charge >= 0.3 is 0 Å². The minimum atomic E-state index is -0.393. The Balaban J connectivity index is 1.63. The van der Waals surface area contributed by atoms with Crippen molar-refractivity contribution in [1.82, 2.24) is 0 Å². The molecule has 48 heavy (non-hydrogen) atoms. The molecule has 252 valence electrons. The predicted molar refractivity (Wildman–Crippen MR) is 200 cm³/mol. The summed E-state index contributed by atoms with van der Waals surface area (Å²) < 4.78 is 0. The summed E-state index contributed by atoms with van der Waals surface area (Å²) in [4.78, 5) is 41.0. The number of carbonyl (C=O) groups is 3. The van der Waals surface area contributed by atoms with Crippen molar-refractivity contribution < 1.29 is 14.4 Å². The van der Waals surface area contributed by atoms with Crippen molar-refractivity contribution in [2.75, 3.05) is 16.0 Å². The minimum absolute atomic E-state index is 0.223. The van der Waals surface area contributed by atoms with Crippen molar-refractivity contribution in [2.45, 2.75) is 99.3 Å². The van der Waals surface area contributed by atoms with Crippen LogP contribution >= 0.6 is 0 Å². The van der Waals surface area contributed by atoms with Gasteiger partial charge in [0.1, 0.15) is 0 Å². The average molecular weight is 646 g/mol. The zero-order valence-corrected chi connectivity index (χ0v) is 29.5. The molecule has 0 aliphatic heterocycles. The molecule has 3 N–H and O–H groups in total. The van der Waals surface area contributed by atoms with Crippen LogP contribution in [0.2, 0.25) is 0 Å². The SMILES string of the molecule is CCCCc1ccc(NC(=O)c2cc(C(=O)Nc3ccc(CCCC)cc3C)cc(C(=O)Nc3ccc(CCCC)cc3C)c2)c(C)c1. The first-order valence-electron chi connectivity index (χ1n) is 17.5. The third-order valence-electron chi connectivity index (χ3n) is 8.79. The number of unbranched alkanes of at least 4 members (excludes halogenated alkanes) is 3. The lowest BCUT2D eigenvalue weighted by atomic mass is 10.0. The lowest BCUT2D eigenvalue weighted by Gasteiger charge is -2.15. The molecular weight excluding hydrogens is 594 g/mol. The monoisotopic (exact) mass is 645 g/mol. The minimum Gasteiger partial charge on any atom is -0.322 e. The van der Waals surface area contributed by atoms with Crippen molar-refractivity contribution in [2.24, 2.45) is 0 Å². The molecular formula is C42H51N3O3. The quantitative estimate of drug-likeness (QED) is 0.120. The largest absolute Gasteiger partial charge is 0.322 e. The van der Waals surface area contributed by atoms with E-state index in [1.165, 1.54) is 16.7 Å². The Morgan fingerprint density at radius 3 is 0.938 bits per heavy atom. The molecule has 6 nitrogen and oxygen atoms in total. The first-order chi connectivity index (χ1) is 23.1. The van der Waals surface area contributed by atoms with Crippen LogP contribution in [-0.2, 0) is 19.3 Å². The van der Waals surface area contributed by atoms with Gasteiger partial charge in [0, 0.05) is 33.8 Å². The second-order valence-corrected chi connectivity index (χ2v) is 12.9. The van der Waals surface area contributed by atoms with E-state index in [1.54, 1.807) is 18.2 Å². The Morgan fingerprint density at radius 2 is 0.708 bits per heavy atom. The molecule has 0 fully saturated rings. The molecule has 0 aliphatic rings. The Labute approximate surface area is 286 Å². The topological polar surface area (TPSA) is 87.3 Å². The van der Waals surface area contributed by atoms with Gasteiger partial charge in [-0.05, 0) is 129 Å². The Bertz CT molecular complexity index is 1540. The van der Waals surface area contributed by atoms with Gasteiger partial charge in [0.15, 0.2) is 0 Å². The van der Waals surface area contributed by atoms with E-state index < -0.39 is 17.7 Å². The molecule has 0 saturated carbocycles. The van der Waals surface area contributed by atoms with Gasteiger partial charge < -0.3 is 16.0 Å². The van der Waals surface area contributed by atoms with Crippen molar-refractivity contribution in [1.29, 1.82) is 0 Å². The molecule has 4 aromatic rings. The summed E-state index contributed by atoms with van der Waals surface area (Å²) in [5, 5.41) is 9.01. The number of hydrogen-bond acceptors (Lipinski definition) is 3. The van der Waals surface area contributed by atoms with Crippen molar-refractivity contribution in [3.63, 3.8) is 0 Å². The summed E-state index contributed by atoms with van der Waals surface area (Å²) in [5.41, 5.74) is 9.31. The standard InChI is InChI=1S/C42H51N3O3/c1-7-10-13-31-16-19-37(28(4)22-31)43-40(46)34-25-35(41(47)44-38-20-17-32(14-11-8-2)23-29(38)5)27-36(26-34)42(48)45-39-21-18-33(15-12-9-3)24-30(39)6/h16-27H,7-15H2,1-6H3,(H,43,46)(H,44,47)(H,45,48). The zero-order valence-electron chi connectivity index (χ0n) is 29.5. The van der Waals surface area contributed by atoms with Gasteiger partial charge in [-0.1, -0.05) is 76.4 Å². The highest BCUT2D eigenvalue weighted by Gasteiger charge is 2.19. The van der Waals surface area contributed by atoms with E-state index in [0.717, 1.165) is 74.5 Å². The fourth-order valence-corrected chi connectivity index (χ4v) is 5.81. The van der Waals surface area contributed by atoms with Crippen molar-refractivity contribution in [3.05, 3.63) is 123 Å². The van der Waals surface area contributed by atoms with E-state index in [-0.39, 0.29) is 16.7 Å². The Kier molecular flexibility index (Phi) is 13.1. The number of rotatable bonds is 15. The second kappa shape index (κ2) is 17.4. The van der Waals surface area contributed by atoms with Gasteiger partial charge in [-0.25, -0.2) is 0 Å². The third-order valence-corrected chi connectivity index (χ3v) is 8.79. The Morgan fingerprint density at radius 1 is 0.438 bits per heavy atom. The van der Waals surface area contributed by atoms with Gasteiger partial charge in [-0.2, -0.15) is 0 Å². The maximum atomic E-state index is 13.7. The van der Waals surface area contributed by atoms with Crippen LogP contribution in [0.5, 0.6) is 0 Å². The van der Waals surface area contributed by atoms with Crippen LogP contribution in [0.25, 0.3) is 0 Å². The fraction of sp³-hybridized carbons (Fsp3) is 0.357. The summed E-state index contributed by atoms with van der Waals surface area (Å²) in [7, 11) is 0. The number of aryl methyl sites for hydroxylation is 6. The van der Waals surface area contributed by atoms with Crippen LogP contribution in [0, 0.1) is 20.8 Å². The van der Waals surface area contributed by atoms with Crippen LogP contribution in [0.3, 0.4) is 0 Å². The average Bonchev–Trinajstić information content (AvgIpc) is 3.08. The maximum absolute atomic E-state index is 13.7. The van der Waals surface area contributed by atoms with Crippen molar-refractivity contribution >= 4 is 34.8 Å². The van der Waals surface area contributed by atoms with Crippen molar-refractivity contribution in [3.8, 4) is 0 Å². The molecule has 0 aromatic heterocycles. The van der Waals surface area contributed by atoms with Gasteiger partial charge in [0.2, 0.25) is 0 Å². The van der Waals surface area contributed by atoms with Crippen LogP contribution in [0.15, 0.2) is 72.8 Å². The third kappa shape index (κ3) is 9.90. The highest BCUT2D eigenvalue weighted by atomic mass is 16.2. The van der Waals surface area contributed by atoms with Gasteiger partial charge in [0.05, 0.1) is 0 Å². The zero-order chi connectivity index (χ0) is 34.6. The summed E-state index contributed by atoms with van der Waals surface area (Å²) in [5.74, 6) is -1.18. The molecule has 3 amide bonds. The molecule has 4 rings (SSSR count). The van der Waals surface area contributed by atoms with Crippen LogP contribution < -0.4 is 16.0 Å². The molecule has 0 radical (unpaired) electrons. The molecule has 0 unspecified atom stereocenters. The first-order valence-corrected chi connectivity index (χ1v) is 17.5. The lowest BCUT2D eigenvalue weighted by Crippen LogP contribution is -2.20. The van der Waals surface area contributed by atoms with Gasteiger partial charge in [0.25, 0.3) is 17.7 Å². The van der Waals surface area contributed by atoms with E-state index in [4.69, 9.17) is 0 Å². The van der Waals surface area contributed by atoms with E-state index >= 15 is 0 Å². The van der Waals surface area contributed by atoms with E-state index in [9.17, 15) is 14.4 Å². The molecule has 0 heterocycles. The van der Waals surface area contributed by atoms with Gasteiger partial charge in [-0.15, -0.1) is 0 Å². The number of hydrogen-bond donors (Lipinski definition) is 3. The summed E-state index contributed by atoms with van der Waals surface area (Å²) in [6.07, 6.45) is 9.64. The van der Waals surface area contributed by atoms with Crippen LogP contribution in [0.1, 0.15) is 124 Å². The summed E-state index contributed by atoms with van der Waals surface area (Å²) in [6, 6.07) is 22.8. The molecule has 4 aromatic carbocycles. The predicted octanol–water partition coefficient (Wildman–Crippen LogP) is 10.4. The number of carbonyl (C=O) groups excluding carboxylic acids is 3. The molecule has 0 aliphatic carbocycles. The molecule has 6 heteroatoms. The number of anilines is 3. The van der Waals surface area contributed by atoms with Gasteiger partial charge in [-0.3, -0.25) is 14.4 Å². The number of amides is 3. The van der Waals surface area contributed by atoms with Crippen LogP contribution in [0.4, 0.5) is 17.1 Å². The Hall–Kier alpha value is -4.71. The van der Waals surface area contributed by atoms with Crippen LogP contribution in [-0.4, -0.2) is 17.7 Å². The molecule has 0 spiro atoms. The van der Waals surface area contributed by atoms with E-state index in [0.29, 0.717) is 17.1 Å². The molecule has 0 atom stereocenters. The number of benzene rings is 4. The maximum Gasteiger partial charge on any atom is 0.255 e. The summed E-state index contributed by atoms with van der Waals surface area (Å²) in [6.45, 7) is 12.4. The highest BCUT2D eigenvalue weighted by molar-refractivity contribution is 6.13. The summed E-state index contributed by atoms with van der Waals surface area (Å²) >= 11 is 0. The first kappa shape index (κ1) is 36.1. The van der Waals surface area contributed by atoms with E-state index in [1.807, 2.05) is 57.2 Å². The smallest absolute Gasteiger partial charge is 0.255 e. The fourth-order valence-electron chi connectivity index (χ4n) is 5.81. The normalized spacial score (nSPS) is 10.9. The molecule has 0 saturated heterocycles. The van der Waals surface area contributed by atoms with E-state index in [2.05, 4.69) is 54.9 Å². The second-order valence-electron chi connectivity index (χ2n) is 12.9.